The van der Waals surface area contributed by atoms with Gasteiger partial charge in [0.1, 0.15) is 0 Å². The van der Waals surface area contributed by atoms with E-state index in [-0.39, 0.29) is 5.56 Å². The normalized spacial score (nSPS) is 10.8. The van der Waals surface area contributed by atoms with E-state index in [0.29, 0.717) is 12.1 Å². The minimum Gasteiger partial charge on any atom is -0.478 e. The Hall–Kier alpha value is -1.13. The number of aromatic carboxylic acids is 1. The van der Waals surface area contributed by atoms with E-state index in [1.807, 2.05) is 12.1 Å². The van der Waals surface area contributed by atoms with E-state index in [1.54, 1.807) is 18.2 Å². The Morgan fingerprint density at radius 2 is 2.27 bits per heavy atom. The number of halogens is 1. The predicted octanol–water partition coefficient (Wildman–Crippen LogP) is 2.51. The fourth-order valence-electron chi connectivity index (χ4n) is 1.17. The third kappa shape index (κ3) is 3.49. The van der Waals surface area contributed by atoms with Gasteiger partial charge in [0.05, 0.1) is 5.56 Å². The zero-order chi connectivity index (χ0) is 11.3. The van der Waals surface area contributed by atoms with Crippen LogP contribution in [-0.4, -0.2) is 17.6 Å². The molecule has 0 aliphatic heterocycles. The van der Waals surface area contributed by atoms with Crippen molar-refractivity contribution in [2.75, 3.05) is 6.54 Å². The van der Waals surface area contributed by atoms with Crippen LogP contribution >= 0.6 is 15.9 Å². The molecule has 1 rings (SSSR count). The van der Waals surface area contributed by atoms with Gasteiger partial charge in [-0.25, -0.2) is 4.79 Å². The first-order valence-electron chi connectivity index (χ1n) is 4.54. The minimum atomic E-state index is -0.927. The van der Waals surface area contributed by atoms with Crippen molar-refractivity contribution in [2.24, 2.45) is 5.73 Å². The summed E-state index contributed by atoms with van der Waals surface area (Å²) in [4.78, 5) is 10.9. The number of rotatable bonds is 4. The van der Waals surface area contributed by atoms with Crippen LogP contribution in [0.3, 0.4) is 0 Å². The Morgan fingerprint density at radius 3 is 2.87 bits per heavy atom. The molecule has 0 unspecified atom stereocenters. The van der Waals surface area contributed by atoms with E-state index >= 15 is 0 Å². The average molecular weight is 270 g/mol. The maximum atomic E-state index is 10.9. The highest BCUT2D eigenvalue weighted by atomic mass is 79.9. The molecule has 0 spiro atoms. The van der Waals surface area contributed by atoms with Crippen molar-refractivity contribution in [3.05, 3.63) is 39.9 Å². The maximum absolute atomic E-state index is 10.9. The molecule has 80 valence electrons. The summed E-state index contributed by atoms with van der Waals surface area (Å²) in [6, 6.07) is 5.17. The molecule has 0 aliphatic carbocycles. The van der Waals surface area contributed by atoms with E-state index in [2.05, 4.69) is 15.9 Å². The number of hydrogen-bond donors (Lipinski definition) is 2. The van der Waals surface area contributed by atoms with Crippen LogP contribution in [0.25, 0.3) is 6.08 Å². The van der Waals surface area contributed by atoms with Gasteiger partial charge in [-0.1, -0.05) is 34.1 Å². The number of carbonyl (C=O) groups is 1. The van der Waals surface area contributed by atoms with Crippen LogP contribution in [0, 0.1) is 0 Å². The van der Waals surface area contributed by atoms with Crippen molar-refractivity contribution >= 4 is 28.0 Å². The van der Waals surface area contributed by atoms with Crippen molar-refractivity contribution in [3.63, 3.8) is 0 Å². The van der Waals surface area contributed by atoms with Crippen molar-refractivity contribution in [1.29, 1.82) is 0 Å². The van der Waals surface area contributed by atoms with Crippen LogP contribution in [0.1, 0.15) is 22.3 Å². The Balaban J connectivity index is 3.01. The lowest BCUT2D eigenvalue weighted by atomic mass is 10.1. The number of benzene rings is 1. The lowest BCUT2D eigenvalue weighted by Crippen LogP contribution is -1.99. The molecule has 0 atom stereocenters. The Labute approximate surface area is 96.7 Å². The number of nitrogens with two attached hydrogens (primary N) is 1. The lowest BCUT2D eigenvalue weighted by Gasteiger charge is -2.01. The molecule has 1 aromatic carbocycles. The van der Waals surface area contributed by atoms with Crippen LogP contribution in [0.15, 0.2) is 28.7 Å². The second-order valence-corrected chi connectivity index (χ2v) is 3.93. The first-order valence-corrected chi connectivity index (χ1v) is 5.34. The molecule has 0 radical (unpaired) electrons. The molecular weight excluding hydrogens is 258 g/mol. The van der Waals surface area contributed by atoms with Gasteiger partial charge in [0, 0.05) is 4.47 Å². The molecule has 0 aromatic heterocycles. The highest BCUT2D eigenvalue weighted by molar-refractivity contribution is 9.10. The second-order valence-electron chi connectivity index (χ2n) is 3.02. The van der Waals surface area contributed by atoms with E-state index in [4.69, 9.17) is 10.8 Å². The number of carboxylic acid groups (broad SMARTS) is 1. The number of hydrogen-bond acceptors (Lipinski definition) is 2. The average Bonchev–Trinajstić information content (AvgIpc) is 2.20. The summed E-state index contributed by atoms with van der Waals surface area (Å²) in [6.45, 7) is 0.565. The zero-order valence-electron chi connectivity index (χ0n) is 8.11. The first-order chi connectivity index (χ1) is 7.15. The first kappa shape index (κ1) is 11.9. The highest BCUT2D eigenvalue weighted by Crippen LogP contribution is 2.18. The molecule has 15 heavy (non-hydrogen) atoms. The zero-order valence-corrected chi connectivity index (χ0v) is 9.70. The molecule has 0 aliphatic rings. The second kappa shape index (κ2) is 5.68. The highest BCUT2D eigenvalue weighted by Gasteiger charge is 2.07. The van der Waals surface area contributed by atoms with Crippen molar-refractivity contribution < 1.29 is 9.90 Å². The fraction of sp³-hybridized carbons (Fsp3) is 0.182. The van der Waals surface area contributed by atoms with E-state index in [1.165, 1.54) is 0 Å². The van der Waals surface area contributed by atoms with Crippen LogP contribution < -0.4 is 5.73 Å². The minimum absolute atomic E-state index is 0.289. The molecule has 4 heteroatoms. The smallest absolute Gasteiger partial charge is 0.336 e. The summed E-state index contributed by atoms with van der Waals surface area (Å²) >= 11 is 3.24. The molecule has 0 amide bonds. The summed E-state index contributed by atoms with van der Waals surface area (Å²) in [5.41, 5.74) is 6.32. The van der Waals surface area contributed by atoms with Gasteiger partial charge in [-0.2, -0.15) is 0 Å². The van der Waals surface area contributed by atoms with Gasteiger partial charge in [0.2, 0.25) is 0 Å². The van der Waals surface area contributed by atoms with Gasteiger partial charge in [0.15, 0.2) is 0 Å². The Morgan fingerprint density at radius 1 is 1.53 bits per heavy atom. The standard InChI is InChI=1S/C11H12BrNO2/c12-9-5-4-8(3-1-2-6-13)10(7-9)11(14)15/h1,3-5,7H,2,6,13H2,(H,14,15). The molecule has 0 fully saturated rings. The van der Waals surface area contributed by atoms with Crippen LogP contribution in [0.2, 0.25) is 0 Å². The third-order valence-corrected chi connectivity index (χ3v) is 2.37. The summed E-state index contributed by atoms with van der Waals surface area (Å²) in [5, 5.41) is 8.97. The van der Waals surface area contributed by atoms with Gasteiger partial charge in [0.25, 0.3) is 0 Å². The lowest BCUT2D eigenvalue weighted by molar-refractivity contribution is 0.0696. The molecule has 0 heterocycles. The summed E-state index contributed by atoms with van der Waals surface area (Å²) < 4.78 is 0.760. The van der Waals surface area contributed by atoms with E-state index < -0.39 is 5.97 Å². The summed E-state index contributed by atoms with van der Waals surface area (Å²) in [6.07, 6.45) is 4.40. The third-order valence-electron chi connectivity index (χ3n) is 1.88. The monoisotopic (exact) mass is 269 g/mol. The molecular formula is C11H12BrNO2. The van der Waals surface area contributed by atoms with E-state index in [0.717, 1.165) is 10.9 Å². The van der Waals surface area contributed by atoms with Gasteiger partial charge >= 0.3 is 5.97 Å². The SMILES string of the molecule is NCCC=Cc1ccc(Br)cc1C(=O)O. The molecule has 3 N–H and O–H groups in total. The maximum Gasteiger partial charge on any atom is 0.336 e. The van der Waals surface area contributed by atoms with E-state index in [9.17, 15) is 4.79 Å². The largest absolute Gasteiger partial charge is 0.478 e. The van der Waals surface area contributed by atoms with Crippen molar-refractivity contribution in [3.8, 4) is 0 Å². The topological polar surface area (TPSA) is 63.3 Å². The van der Waals surface area contributed by atoms with Crippen LogP contribution in [-0.2, 0) is 0 Å². The summed E-state index contributed by atoms with van der Waals surface area (Å²) in [5.74, 6) is -0.927. The molecule has 0 saturated heterocycles. The van der Waals surface area contributed by atoms with Crippen molar-refractivity contribution in [2.45, 2.75) is 6.42 Å². The predicted molar refractivity (Wildman–Crippen MR) is 63.8 cm³/mol. The van der Waals surface area contributed by atoms with Gasteiger partial charge in [-0.15, -0.1) is 0 Å². The van der Waals surface area contributed by atoms with Gasteiger partial charge in [-0.05, 0) is 30.7 Å². The van der Waals surface area contributed by atoms with Gasteiger partial charge in [-0.3, -0.25) is 0 Å². The molecule has 0 bridgehead atoms. The molecule has 0 saturated carbocycles. The van der Waals surface area contributed by atoms with Gasteiger partial charge < -0.3 is 10.8 Å². The Kier molecular flexibility index (Phi) is 4.52. The van der Waals surface area contributed by atoms with Crippen molar-refractivity contribution in [1.82, 2.24) is 0 Å². The quantitative estimate of drug-likeness (QED) is 0.883. The Bertz CT molecular complexity index is 388. The van der Waals surface area contributed by atoms with Crippen LogP contribution in [0.4, 0.5) is 0 Å². The molecule has 1 aromatic rings. The molecule has 3 nitrogen and oxygen atoms in total. The summed E-state index contributed by atoms with van der Waals surface area (Å²) in [7, 11) is 0. The number of carboxylic acids is 1. The van der Waals surface area contributed by atoms with Crippen LogP contribution in [0.5, 0.6) is 0 Å². The fourth-order valence-corrected chi connectivity index (χ4v) is 1.53.